The van der Waals surface area contributed by atoms with E-state index in [1.54, 1.807) is 0 Å². The third kappa shape index (κ3) is 1.91. The zero-order chi connectivity index (χ0) is 7.71. The van der Waals surface area contributed by atoms with Crippen LogP contribution in [0.1, 0.15) is 6.92 Å². The van der Waals surface area contributed by atoms with Gasteiger partial charge in [-0.2, -0.15) is 13.2 Å². The van der Waals surface area contributed by atoms with E-state index in [1.165, 1.54) is 0 Å². The summed E-state index contributed by atoms with van der Waals surface area (Å²) in [7, 11) is 0.650. The molecule has 0 bridgehead atoms. The van der Waals surface area contributed by atoms with E-state index in [2.05, 4.69) is 4.74 Å². The van der Waals surface area contributed by atoms with E-state index < -0.39 is 12.0 Å². The van der Waals surface area contributed by atoms with Crippen molar-refractivity contribution in [1.82, 2.24) is 0 Å². The SMILES string of the molecule is COC(O)(F)C(C)(F)F.[Rf]. The van der Waals surface area contributed by atoms with Crippen molar-refractivity contribution in [3.8, 4) is 0 Å². The molecule has 1 N–H and O–H groups in total. The second kappa shape index (κ2) is 2.53. The van der Waals surface area contributed by atoms with Gasteiger partial charge in [0, 0.05) is 14.0 Å². The van der Waals surface area contributed by atoms with Gasteiger partial charge in [-0.1, -0.05) is 0 Å². The van der Waals surface area contributed by atoms with Crippen LogP contribution in [0.4, 0.5) is 13.2 Å². The molecular weight excluding hydrogens is 404 g/mol. The molecule has 0 fully saturated rings. The van der Waals surface area contributed by atoms with E-state index in [-0.39, 0.29) is 6.92 Å². The molecule has 10 heavy (non-hydrogen) atoms. The minimum atomic E-state index is -3.89. The first-order chi connectivity index (χ1) is 3.81. The van der Waals surface area contributed by atoms with Gasteiger partial charge < -0.3 is 9.84 Å². The van der Waals surface area contributed by atoms with Crippen molar-refractivity contribution in [2.24, 2.45) is 0 Å². The maximum absolute atomic E-state index is 11.9. The van der Waals surface area contributed by atoms with Gasteiger partial charge in [-0.05, 0) is 0 Å². The number of hydrogen-bond acceptors (Lipinski definition) is 2. The smallest absolute Gasteiger partial charge is 0.335 e. The monoisotopic (exact) mass is 411 g/mol. The first-order valence-corrected chi connectivity index (χ1v) is 2.15. The van der Waals surface area contributed by atoms with Crippen molar-refractivity contribution in [1.29, 1.82) is 0 Å². The fourth-order valence-corrected chi connectivity index (χ4v) is 0.179. The van der Waals surface area contributed by atoms with Gasteiger partial charge in [-0.25, -0.2) is 0 Å². The van der Waals surface area contributed by atoms with Crippen molar-refractivity contribution in [2.45, 2.75) is 18.9 Å². The fraction of sp³-hybridized carbons (Fsp3) is 1.00. The number of rotatable bonds is 2. The van der Waals surface area contributed by atoms with Crippen molar-refractivity contribution in [3.05, 3.63) is 0 Å². The van der Waals surface area contributed by atoms with Crippen LogP contribution in [0.2, 0.25) is 0 Å². The summed E-state index contributed by atoms with van der Waals surface area (Å²) in [5, 5.41) is 8.02. The molecule has 0 heterocycles. The van der Waals surface area contributed by atoms with Crippen LogP contribution >= 0.6 is 0 Å². The Balaban J connectivity index is 0. The molecule has 0 aliphatic carbocycles. The van der Waals surface area contributed by atoms with Crippen LogP contribution in [0.15, 0.2) is 0 Å². The Bertz CT molecular complexity index is 101. The number of alkyl halides is 3. The summed E-state index contributed by atoms with van der Waals surface area (Å²) in [5.74, 6) is -3.89. The number of halogens is 3. The normalized spacial score (nSPS) is 17.4. The molecule has 0 aliphatic rings. The molecule has 58 valence electrons. The summed E-state index contributed by atoms with van der Waals surface area (Å²) in [4.78, 5) is 0. The van der Waals surface area contributed by atoms with Gasteiger partial charge in [0.15, 0.2) is 0 Å². The molecular formula is C4H7F3O2Rf. The number of aliphatic hydroxyl groups is 1. The Hall–Kier alpha value is -1.29. The zero-order valence-electron chi connectivity index (χ0n) is 5.70. The van der Waals surface area contributed by atoms with Crippen LogP contribution in [-0.2, 0) is 4.74 Å². The molecule has 0 saturated heterocycles. The molecule has 0 amide bonds. The van der Waals surface area contributed by atoms with Gasteiger partial charge >= 0.3 is 12.0 Å². The van der Waals surface area contributed by atoms with Gasteiger partial charge in [0.2, 0.25) is 0 Å². The third-order valence-corrected chi connectivity index (χ3v) is 0.812. The van der Waals surface area contributed by atoms with Crippen molar-refractivity contribution in [2.75, 3.05) is 7.11 Å². The van der Waals surface area contributed by atoms with Crippen molar-refractivity contribution in [3.63, 3.8) is 0 Å². The summed E-state index contributed by atoms with van der Waals surface area (Å²) < 4.78 is 38.9. The van der Waals surface area contributed by atoms with Gasteiger partial charge in [-0.15, -0.1) is 0 Å². The summed E-state index contributed by atoms with van der Waals surface area (Å²) >= 11 is 0. The second-order valence-corrected chi connectivity index (χ2v) is 1.65. The number of ether oxygens (including phenoxy) is 1. The molecule has 0 aromatic carbocycles. The molecule has 0 aromatic rings. The van der Waals surface area contributed by atoms with Gasteiger partial charge in [0.25, 0.3) is 0 Å². The van der Waals surface area contributed by atoms with E-state index in [0.29, 0.717) is 7.11 Å². The van der Waals surface area contributed by atoms with Crippen LogP contribution in [-0.4, -0.2) is 24.2 Å². The summed E-state index contributed by atoms with van der Waals surface area (Å²) in [6, 6.07) is -3.85. The van der Waals surface area contributed by atoms with Crippen molar-refractivity contribution >= 4 is 0 Å². The topological polar surface area (TPSA) is 29.5 Å². The van der Waals surface area contributed by atoms with E-state index in [1.807, 2.05) is 0 Å². The van der Waals surface area contributed by atoms with Crippen LogP contribution in [0.3, 0.4) is 0 Å². The Kier molecular flexibility index (Phi) is 2.91. The summed E-state index contributed by atoms with van der Waals surface area (Å²) in [5.41, 5.74) is 0. The van der Waals surface area contributed by atoms with Gasteiger partial charge in [-0.3, -0.25) is 0 Å². The van der Waals surface area contributed by atoms with Gasteiger partial charge in [0.1, 0.15) is 0 Å². The second-order valence-electron chi connectivity index (χ2n) is 1.65. The molecule has 0 aromatic heterocycles. The van der Waals surface area contributed by atoms with Crippen LogP contribution in [0.5, 0.6) is 0 Å². The van der Waals surface area contributed by atoms with E-state index in [9.17, 15) is 13.2 Å². The van der Waals surface area contributed by atoms with Crippen LogP contribution in [0, 0.1) is 0 Å². The van der Waals surface area contributed by atoms with Crippen molar-refractivity contribution < 1.29 is 23.0 Å². The first-order valence-electron chi connectivity index (χ1n) is 2.15. The Morgan fingerprint density at radius 2 is 1.60 bits per heavy atom. The third-order valence-electron chi connectivity index (χ3n) is 0.812. The van der Waals surface area contributed by atoms with Crippen LogP contribution < -0.4 is 0 Å². The number of methoxy groups -OCH3 is 1. The number of hydrogen-bond donors (Lipinski definition) is 1. The fourth-order valence-electron chi connectivity index (χ4n) is 0.179. The Labute approximate surface area is 50.2 Å². The molecule has 0 aliphatic heterocycles. The minimum absolute atomic E-state index is 0. The Morgan fingerprint density at radius 1 is 1.30 bits per heavy atom. The molecule has 0 saturated carbocycles. The maximum Gasteiger partial charge on any atom is 0.382 e. The first kappa shape index (κ1) is 11.5. The Morgan fingerprint density at radius 3 is 1.60 bits per heavy atom. The van der Waals surface area contributed by atoms with E-state index in [0.717, 1.165) is 0 Å². The quantitative estimate of drug-likeness (QED) is 0.685. The molecule has 0 rings (SSSR count). The average Bonchev–Trinajstić information content (AvgIpc) is 1.64. The molecule has 0 radical (unpaired) electrons. The molecule has 0 spiro atoms. The molecule has 1 atom stereocenters. The summed E-state index contributed by atoms with van der Waals surface area (Å²) in [6.07, 6.45) is 0. The predicted molar refractivity (Wildman–Crippen MR) is 23.7 cm³/mol. The summed E-state index contributed by atoms with van der Waals surface area (Å²) in [6.45, 7) is 0.219. The zero-order valence-corrected chi connectivity index (χ0v) is 12.1. The molecule has 6 heteroatoms. The standard InChI is InChI=1S/C4H7F3O2.Rf/c1-3(5,6)4(7,8)9-2;/h8H,1-2H3;. The van der Waals surface area contributed by atoms with E-state index >= 15 is 0 Å². The molecule has 1 unspecified atom stereocenters. The van der Waals surface area contributed by atoms with Gasteiger partial charge in [0.05, 0.1) is 0 Å². The molecule has 2 nitrogen and oxygen atoms in total. The van der Waals surface area contributed by atoms with E-state index in [4.69, 9.17) is 5.11 Å². The average molecular weight is 411 g/mol. The largest absolute Gasteiger partial charge is 0.382 e. The van der Waals surface area contributed by atoms with Crippen LogP contribution in [0.25, 0.3) is 0 Å². The minimum Gasteiger partial charge on any atom is -0.335 e. The maximum atomic E-state index is 11.9. The predicted octanol–water partition coefficient (Wildman–Crippen LogP) is 0.904.